The van der Waals surface area contributed by atoms with Crippen LogP contribution in [0.15, 0.2) is 54.7 Å². The average molecular weight is 684 g/mol. The Labute approximate surface area is 277 Å². The van der Waals surface area contributed by atoms with Gasteiger partial charge in [0, 0.05) is 41.1 Å². The molecule has 4 heterocycles. The zero-order valence-corrected chi connectivity index (χ0v) is 27.7. The number of hydrogen-bond donors (Lipinski definition) is 8. The summed E-state index contributed by atoms with van der Waals surface area (Å²) in [6, 6.07) is 14.2. The lowest BCUT2D eigenvalue weighted by Crippen LogP contribution is -2.60. The highest BCUT2D eigenvalue weighted by atomic mass is 28.4. The number of fused-ring (bicyclic) bond motifs is 2. The minimum Gasteiger partial charge on any atom is -0.432 e. The first-order valence-electron chi connectivity index (χ1n) is 15.9. The molecule has 3 aromatic rings. The Hall–Kier alpha value is -3.58. The van der Waals surface area contributed by atoms with Gasteiger partial charge in [-0.1, -0.05) is 42.5 Å². The smallest absolute Gasteiger partial charge is 0.261 e. The van der Waals surface area contributed by atoms with Gasteiger partial charge in [0.1, 0.15) is 18.3 Å². The van der Waals surface area contributed by atoms with Crippen molar-refractivity contribution in [3.63, 3.8) is 0 Å². The molecule has 0 saturated carbocycles. The number of aromatic nitrogens is 3. The van der Waals surface area contributed by atoms with E-state index in [0.717, 1.165) is 5.56 Å². The van der Waals surface area contributed by atoms with Gasteiger partial charge in [0.2, 0.25) is 0 Å². The Morgan fingerprint density at radius 1 is 1.10 bits per heavy atom. The summed E-state index contributed by atoms with van der Waals surface area (Å²) in [7, 11) is -2.95. The van der Waals surface area contributed by atoms with Gasteiger partial charge in [0.15, 0.2) is 26.3 Å². The van der Waals surface area contributed by atoms with E-state index in [2.05, 4.69) is 20.9 Å². The van der Waals surface area contributed by atoms with Crippen LogP contribution in [0.1, 0.15) is 36.1 Å². The summed E-state index contributed by atoms with van der Waals surface area (Å²) < 4.78 is 13.4. The topological polar surface area (TPSA) is 229 Å². The molecule has 2 aromatic carbocycles. The van der Waals surface area contributed by atoms with Gasteiger partial charge in [0.25, 0.3) is 11.8 Å². The quantitative estimate of drug-likeness (QED) is 0.139. The number of aliphatic hydroxyl groups is 5. The van der Waals surface area contributed by atoms with Gasteiger partial charge in [-0.2, -0.15) is 0 Å². The molecular formula is C32H41N5O10Si. The van der Waals surface area contributed by atoms with E-state index < -0.39 is 68.5 Å². The molecule has 0 aliphatic carbocycles. The maximum absolute atomic E-state index is 13.8. The first-order chi connectivity index (χ1) is 22.8. The number of rotatable bonds is 9. The molecule has 1 aromatic heterocycles. The highest BCUT2D eigenvalue weighted by Gasteiger charge is 2.64. The van der Waals surface area contributed by atoms with Crippen LogP contribution in [0, 0.1) is 5.92 Å². The molecule has 1 unspecified atom stereocenters. The molecule has 2 amide bonds. The second-order valence-electron chi connectivity index (χ2n) is 13.3. The van der Waals surface area contributed by atoms with E-state index >= 15 is 0 Å². The van der Waals surface area contributed by atoms with Crippen molar-refractivity contribution in [2.24, 2.45) is 5.92 Å². The number of anilines is 2. The van der Waals surface area contributed by atoms with Crippen LogP contribution in [-0.4, -0.2) is 109 Å². The lowest BCUT2D eigenvalue weighted by molar-refractivity contribution is -0.274. The molecule has 10 atom stereocenters. The molecule has 3 aliphatic heterocycles. The van der Waals surface area contributed by atoms with Crippen molar-refractivity contribution in [2.45, 2.75) is 86.9 Å². The van der Waals surface area contributed by atoms with Crippen molar-refractivity contribution in [1.29, 1.82) is 0 Å². The number of ether oxygens (including phenoxy) is 2. The van der Waals surface area contributed by atoms with E-state index in [-0.39, 0.29) is 23.8 Å². The summed E-state index contributed by atoms with van der Waals surface area (Å²) in [4.78, 5) is 38.3. The Morgan fingerprint density at radius 2 is 1.83 bits per heavy atom. The molecule has 3 aliphatic rings. The van der Waals surface area contributed by atoms with Gasteiger partial charge < -0.3 is 50.4 Å². The van der Waals surface area contributed by atoms with E-state index in [4.69, 9.17) is 9.47 Å². The van der Waals surface area contributed by atoms with Crippen molar-refractivity contribution in [3.05, 3.63) is 71.5 Å². The lowest BCUT2D eigenvalue weighted by atomic mass is 9.82. The molecule has 1 spiro atoms. The van der Waals surface area contributed by atoms with E-state index in [1.165, 1.54) is 6.07 Å². The Morgan fingerprint density at radius 3 is 2.52 bits per heavy atom. The fraction of sp³-hybridized carbons (Fsp3) is 0.500. The number of aliphatic hydroxyl groups excluding tert-OH is 5. The van der Waals surface area contributed by atoms with Crippen LogP contribution in [0.5, 0.6) is 0 Å². The third-order valence-corrected chi connectivity index (χ3v) is 12.3. The SMILES string of the molecule is C[C@@H]1[C@@H]([Si](C)(C)O)[C@H](CCn2cc(C(CO)c3ccccc3)nn2)O[C@@]12C(=O)Nc1ccc(NC(=O)[C@H]3O[C@@H](O)[C@H](O)[C@@H](O)[C@@H]3O)cc12. The lowest BCUT2D eigenvalue weighted by Gasteiger charge is -2.37. The van der Waals surface area contributed by atoms with Crippen molar-refractivity contribution >= 4 is 31.5 Å². The molecule has 2 fully saturated rings. The summed E-state index contributed by atoms with van der Waals surface area (Å²) >= 11 is 0. The molecule has 48 heavy (non-hydrogen) atoms. The number of carbonyl (C=O) groups excluding carboxylic acids is 2. The Bertz CT molecular complexity index is 1650. The Balaban J connectivity index is 1.23. The molecule has 258 valence electrons. The molecule has 16 heteroatoms. The van der Waals surface area contributed by atoms with Crippen LogP contribution in [-0.2, 0) is 31.2 Å². The number of carbonyl (C=O) groups is 2. The summed E-state index contributed by atoms with van der Waals surface area (Å²) in [5.41, 5.74) is 0.821. The fourth-order valence-electron chi connectivity index (χ4n) is 7.43. The van der Waals surface area contributed by atoms with Crippen molar-refractivity contribution in [2.75, 3.05) is 17.2 Å². The molecule has 2 saturated heterocycles. The number of aryl methyl sites for hydroxylation is 1. The minimum absolute atomic E-state index is 0.140. The molecule has 0 bridgehead atoms. The standard InChI is InChI=1S/C32H41N5O10Si/c1-16-28(48(2,3)45)23(11-12-37-14-22(35-36-37)19(15-38)17-7-5-4-6-8-17)47-32(16)20-13-18(9-10-21(20)34-31(32)44)33-29(42)27-25(40)24(39)26(41)30(43)46-27/h4-10,13-14,16,19,23-28,30,38-41,43,45H,11-12,15H2,1-3H3,(H,33,42)(H,34,44)/t16-,19?,23+,24+,25+,26-,27+,28-,30-,32+/m1/s1. The monoisotopic (exact) mass is 683 g/mol. The number of hydrogen-bond acceptors (Lipinski definition) is 12. The number of nitrogens with one attached hydrogen (secondary N) is 2. The van der Waals surface area contributed by atoms with Gasteiger partial charge in [-0.25, -0.2) is 0 Å². The fourth-order valence-corrected chi connectivity index (χ4v) is 10.0. The van der Waals surface area contributed by atoms with E-state index in [9.17, 15) is 39.9 Å². The first kappa shape index (κ1) is 34.3. The third-order valence-electron chi connectivity index (χ3n) is 9.79. The zero-order valence-electron chi connectivity index (χ0n) is 26.7. The number of amides is 2. The zero-order chi connectivity index (χ0) is 34.5. The predicted octanol–water partition coefficient (Wildman–Crippen LogP) is -0.0191. The summed E-state index contributed by atoms with van der Waals surface area (Å²) in [5.74, 6) is -2.10. The second-order valence-corrected chi connectivity index (χ2v) is 17.3. The van der Waals surface area contributed by atoms with Crippen LogP contribution in [0.25, 0.3) is 0 Å². The van der Waals surface area contributed by atoms with Crippen molar-refractivity contribution < 1.29 is 49.4 Å². The van der Waals surface area contributed by atoms with Gasteiger partial charge in [0.05, 0.1) is 24.3 Å². The van der Waals surface area contributed by atoms with Crippen LogP contribution in [0.2, 0.25) is 18.6 Å². The molecule has 15 nitrogen and oxygen atoms in total. The maximum atomic E-state index is 13.8. The highest BCUT2D eigenvalue weighted by Crippen LogP contribution is 2.58. The van der Waals surface area contributed by atoms with Gasteiger partial charge in [-0.15, -0.1) is 5.10 Å². The van der Waals surface area contributed by atoms with Crippen LogP contribution in [0.4, 0.5) is 11.4 Å². The third kappa shape index (κ3) is 5.97. The maximum Gasteiger partial charge on any atom is 0.261 e. The van der Waals surface area contributed by atoms with Gasteiger partial charge >= 0.3 is 0 Å². The molecule has 8 N–H and O–H groups in total. The molecular weight excluding hydrogens is 642 g/mol. The van der Waals surface area contributed by atoms with E-state index in [1.54, 1.807) is 23.0 Å². The normalized spacial score (nSPS) is 32.2. The highest BCUT2D eigenvalue weighted by molar-refractivity contribution is 6.71. The molecule has 6 rings (SSSR count). The van der Waals surface area contributed by atoms with Crippen molar-refractivity contribution in [3.8, 4) is 0 Å². The van der Waals surface area contributed by atoms with Crippen molar-refractivity contribution in [1.82, 2.24) is 15.0 Å². The van der Waals surface area contributed by atoms with E-state index in [1.807, 2.05) is 50.3 Å². The minimum atomic E-state index is -2.95. The van der Waals surface area contributed by atoms with Crippen LogP contribution < -0.4 is 10.6 Å². The van der Waals surface area contributed by atoms with E-state index in [0.29, 0.717) is 29.9 Å². The predicted molar refractivity (Wildman–Crippen MR) is 172 cm³/mol. The summed E-state index contributed by atoms with van der Waals surface area (Å²) in [5, 5.41) is 64.1. The Kier molecular flexibility index (Phi) is 9.31. The summed E-state index contributed by atoms with van der Waals surface area (Å²) in [6.45, 7) is 5.72. The summed E-state index contributed by atoms with van der Waals surface area (Å²) in [6.07, 6.45) is -7.35. The molecule has 0 radical (unpaired) electrons. The number of nitrogens with zero attached hydrogens (tertiary/aromatic N) is 3. The van der Waals surface area contributed by atoms with Crippen LogP contribution in [0.3, 0.4) is 0 Å². The number of benzene rings is 2. The van der Waals surface area contributed by atoms with Crippen LogP contribution >= 0.6 is 0 Å². The van der Waals surface area contributed by atoms with Gasteiger partial charge in [-0.3, -0.25) is 14.3 Å². The second kappa shape index (κ2) is 13.0. The largest absolute Gasteiger partial charge is 0.432 e. The first-order valence-corrected chi connectivity index (χ1v) is 18.9. The average Bonchev–Trinajstić information content (AvgIpc) is 3.72. The van der Waals surface area contributed by atoms with Gasteiger partial charge in [-0.05, 0) is 43.3 Å².